The molecule has 5 aliphatic rings. The molecular formula is C24H43FN6O. The number of nitrogens with zero attached hydrogens (tertiary/aromatic N) is 4. The minimum atomic E-state index is -0.578. The fraction of sp³-hybridized carbons (Fsp3) is 0.958. The van der Waals surface area contributed by atoms with Gasteiger partial charge in [-0.15, -0.1) is 0 Å². The SMILES string of the molecule is CN(C1CCN(C2=NC3CCCCC3N2CC2CCC(F)CC2)CC1)C1NCCC(O)N1. The van der Waals surface area contributed by atoms with Crippen LogP contribution in [0.3, 0.4) is 0 Å². The van der Waals surface area contributed by atoms with E-state index in [0.29, 0.717) is 24.0 Å². The maximum absolute atomic E-state index is 13.7. The highest BCUT2D eigenvalue weighted by atomic mass is 19.1. The predicted molar refractivity (Wildman–Crippen MR) is 125 cm³/mol. The van der Waals surface area contributed by atoms with Crippen molar-refractivity contribution in [2.24, 2.45) is 10.9 Å². The summed E-state index contributed by atoms with van der Waals surface area (Å²) >= 11 is 0. The third-order valence-corrected chi connectivity index (χ3v) is 8.70. The van der Waals surface area contributed by atoms with Crippen LogP contribution in [0.15, 0.2) is 4.99 Å². The number of likely N-dealkylation sites (tertiary alicyclic amines) is 1. The summed E-state index contributed by atoms with van der Waals surface area (Å²) in [5, 5.41) is 16.7. The van der Waals surface area contributed by atoms with Crippen molar-refractivity contribution in [2.75, 3.05) is 33.2 Å². The molecule has 3 heterocycles. The summed E-state index contributed by atoms with van der Waals surface area (Å²) in [4.78, 5) is 12.8. The van der Waals surface area contributed by atoms with E-state index in [1.54, 1.807) is 0 Å². The van der Waals surface area contributed by atoms with Gasteiger partial charge >= 0.3 is 0 Å². The largest absolute Gasteiger partial charge is 0.378 e. The van der Waals surface area contributed by atoms with Gasteiger partial charge in [0.2, 0.25) is 0 Å². The zero-order chi connectivity index (χ0) is 22.1. The highest BCUT2D eigenvalue weighted by Crippen LogP contribution is 2.35. The number of fused-ring (bicyclic) bond motifs is 1. The van der Waals surface area contributed by atoms with Gasteiger partial charge in [-0.3, -0.25) is 15.5 Å². The maximum atomic E-state index is 13.7. The number of hydrogen-bond acceptors (Lipinski definition) is 7. The molecule has 0 aromatic rings. The third-order valence-electron chi connectivity index (χ3n) is 8.70. The summed E-state index contributed by atoms with van der Waals surface area (Å²) in [6, 6.07) is 1.53. The molecule has 182 valence electrons. The van der Waals surface area contributed by atoms with Gasteiger partial charge in [0.1, 0.15) is 18.7 Å². The van der Waals surface area contributed by atoms with Crippen LogP contribution >= 0.6 is 0 Å². The molecule has 0 aromatic heterocycles. The Bertz CT molecular complexity index is 648. The van der Waals surface area contributed by atoms with Gasteiger partial charge in [-0.05, 0) is 70.8 Å². The average Bonchev–Trinajstić information content (AvgIpc) is 3.18. The van der Waals surface area contributed by atoms with Crippen molar-refractivity contribution in [1.29, 1.82) is 0 Å². The third kappa shape index (κ3) is 4.93. The minimum Gasteiger partial charge on any atom is -0.378 e. The number of guanidine groups is 1. The summed E-state index contributed by atoms with van der Waals surface area (Å²) in [6.07, 6.45) is 10.7. The van der Waals surface area contributed by atoms with Crippen LogP contribution in [-0.4, -0.2) is 95.8 Å². The van der Waals surface area contributed by atoms with Crippen LogP contribution < -0.4 is 10.6 Å². The van der Waals surface area contributed by atoms with Crippen molar-refractivity contribution in [3.63, 3.8) is 0 Å². The number of piperidine rings is 1. The summed E-state index contributed by atoms with van der Waals surface area (Å²) in [6.45, 7) is 3.99. The Morgan fingerprint density at radius 3 is 2.53 bits per heavy atom. The normalized spacial score (nSPS) is 39.3. The van der Waals surface area contributed by atoms with E-state index in [1.165, 1.54) is 31.6 Å². The first kappa shape index (κ1) is 22.8. The van der Waals surface area contributed by atoms with E-state index < -0.39 is 12.4 Å². The van der Waals surface area contributed by atoms with Gasteiger partial charge in [-0.25, -0.2) is 9.38 Å². The van der Waals surface area contributed by atoms with Crippen LogP contribution in [0.1, 0.15) is 70.6 Å². The van der Waals surface area contributed by atoms with Gasteiger partial charge in [0, 0.05) is 32.2 Å². The van der Waals surface area contributed by atoms with Gasteiger partial charge in [0.25, 0.3) is 0 Å². The second-order valence-electron chi connectivity index (χ2n) is 10.8. The molecule has 2 saturated heterocycles. The Labute approximate surface area is 192 Å². The van der Waals surface area contributed by atoms with Crippen molar-refractivity contribution in [1.82, 2.24) is 25.3 Å². The fourth-order valence-electron chi connectivity index (χ4n) is 6.67. The first-order chi connectivity index (χ1) is 15.6. The molecule has 4 unspecified atom stereocenters. The summed E-state index contributed by atoms with van der Waals surface area (Å²) < 4.78 is 13.7. The van der Waals surface area contributed by atoms with Gasteiger partial charge < -0.3 is 14.9 Å². The van der Waals surface area contributed by atoms with Gasteiger partial charge in [0.05, 0.1) is 12.1 Å². The van der Waals surface area contributed by atoms with Crippen LogP contribution in [-0.2, 0) is 0 Å². The molecule has 3 N–H and O–H groups in total. The maximum Gasteiger partial charge on any atom is 0.197 e. The average molecular weight is 451 g/mol. The second-order valence-corrected chi connectivity index (χ2v) is 10.8. The molecule has 5 rings (SSSR count). The van der Waals surface area contributed by atoms with Gasteiger partial charge in [-0.1, -0.05) is 12.8 Å². The second kappa shape index (κ2) is 10.1. The van der Waals surface area contributed by atoms with Crippen LogP contribution in [0.25, 0.3) is 0 Å². The smallest absolute Gasteiger partial charge is 0.197 e. The topological polar surface area (TPSA) is 66.4 Å². The van der Waals surface area contributed by atoms with Crippen molar-refractivity contribution < 1.29 is 9.50 Å². The summed E-state index contributed by atoms with van der Waals surface area (Å²) in [5.41, 5.74) is 0. The Balaban J connectivity index is 1.21. The highest BCUT2D eigenvalue weighted by Gasteiger charge is 2.42. The van der Waals surface area contributed by atoms with E-state index in [1.807, 2.05) is 0 Å². The monoisotopic (exact) mass is 450 g/mol. The quantitative estimate of drug-likeness (QED) is 0.610. The van der Waals surface area contributed by atoms with E-state index in [-0.39, 0.29) is 6.29 Å². The Morgan fingerprint density at radius 1 is 1.03 bits per heavy atom. The zero-order valence-electron chi connectivity index (χ0n) is 19.8. The van der Waals surface area contributed by atoms with Gasteiger partial charge in [0.15, 0.2) is 5.96 Å². The number of nitrogens with one attached hydrogen (secondary N) is 2. The molecule has 8 heteroatoms. The van der Waals surface area contributed by atoms with Crippen molar-refractivity contribution in [3.05, 3.63) is 0 Å². The van der Waals surface area contributed by atoms with Crippen molar-refractivity contribution in [2.45, 2.75) is 107 Å². The fourth-order valence-corrected chi connectivity index (χ4v) is 6.67. The number of hydrogen-bond donors (Lipinski definition) is 3. The van der Waals surface area contributed by atoms with E-state index in [2.05, 4.69) is 32.4 Å². The first-order valence-corrected chi connectivity index (χ1v) is 13.2. The molecule has 2 aliphatic carbocycles. The molecule has 2 saturated carbocycles. The molecule has 0 aromatic carbocycles. The lowest BCUT2D eigenvalue weighted by Crippen LogP contribution is -2.64. The van der Waals surface area contributed by atoms with Crippen molar-refractivity contribution >= 4 is 5.96 Å². The number of aliphatic hydroxyl groups excluding tert-OH is 1. The Kier molecular flexibility index (Phi) is 7.21. The van der Waals surface area contributed by atoms with Crippen molar-refractivity contribution in [3.8, 4) is 0 Å². The lowest BCUT2D eigenvalue weighted by molar-refractivity contribution is 0.00133. The van der Waals surface area contributed by atoms with Crippen LogP contribution in [0.2, 0.25) is 0 Å². The number of aliphatic hydroxyl groups is 1. The Morgan fingerprint density at radius 2 is 1.78 bits per heavy atom. The molecule has 0 bridgehead atoms. The van der Waals surface area contributed by atoms with Crippen LogP contribution in [0.5, 0.6) is 0 Å². The number of alkyl halides is 1. The lowest BCUT2D eigenvalue weighted by atomic mass is 9.86. The van der Waals surface area contributed by atoms with E-state index in [0.717, 1.165) is 71.1 Å². The Hall–Kier alpha value is -0.960. The zero-order valence-corrected chi connectivity index (χ0v) is 19.8. The minimum absolute atomic E-state index is 0.0455. The molecule has 32 heavy (non-hydrogen) atoms. The van der Waals surface area contributed by atoms with E-state index >= 15 is 0 Å². The highest BCUT2D eigenvalue weighted by molar-refractivity contribution is 5.83. The molecule has 0 spiro atoms. The molecule has 0 radical (unpaired) electrons. The molecule has 7 nitrogen and oxygen atoms in total. The van der Waals surface area contributed by atoms with Crippen LogP contribution in [0, 0.1) is 5.92 Å². The number of halogens is 1. The molecule has 0 amide bonds. The van der Waals surface area contributed by atoms with Crippen LogP contribution in [0.4, 0.5) is 4.39 Å². The predicted octanol–water partition coefficient (Wildman–Crippen LogP) is 2.08. The lowest BCUT2D eigenvalue weighted by Gasteiger charge is -2.45. The van der Waals surface area contributed by atoms with E-state index in [4.69, 9.17) is 4.99 Å². The standard InChI is InChI=1S/C24H43FN6O/c1-29(23-26-13-10-22(32)28-23)19-11-14-30(15-12-19)24-27-20-4-2-3-5-21(20)31(24)16-17-6-8-18(25)9-7-17/h17-23,26,28,32H,2-16H2,1H3. The molecule has 3 aliphatic heterocycles. The molecule has 4 atom stereocenters. The summed E-state index contributed by atoms with van der Waals surface area (Å²) in [7, 11) is 2.16. The molecule has 4 fully saturated rings. The first-order valence-electron chi connectivity index (χ1n) is 13.2. The number of aliphatic imine (C=N–C) groups is 1. The summed E-state index contributed by atoms with van der Waals surface area (Å²) in [5.74, 6) is 1.86. The molecular weight excluding hydrogens is 407 g/mol. The van der Waals surface area contributed by atoms with E-state index in [9.17, 15) is 9.50 Å². The van der Waals surface area contributed by atoms with Gasteiger partial charge in [-0.2, -0.15) is 0 Å². The number of rotatable bonds is 4.